The van der Waals surface area contributed by atoms with E-state index in [-0.39, 0.29) is 74.1 Å². The number of halogens is 3. The number of nitrogens with zero attached hydrogens (tertiary/aromatic N) is 3. The molecule has 3 rings (SSSR count). The van der Waals surface area contributed by atoms with Gasteiger partial charge in [-0.15, -0.1) is 11.3 Å². The number of aromatic nitrogens is 1. The Morgan fingerprint density at radius 3 is 2.29 bits per heavy atom. The largest absolute Gasteiger partial charge is 0.481 e. The van der Waals surface area contributed by atoms with Gasteiger partial charge in [-0.3, -0.25) is 28.9 Å². The van der Waals surface area contributed by atoms with Gasteiger partial charge >= 0.3 is 18.1 Å². The van der Waals surface area contributed by atoms with E-state index in [1.54, 1.807) is 12.0 Å². The molecule has 0 saturated carbocycles. The van der Waals surface area contributed by atoms with Crippen LogP contribution in [0.4, 0.5) is 13.2 Å². The van der Waals surface area contributed by atoms with Crippen LogP contribution >= 0.6 is 11.3 Å². The predicted octanol–water partition coefficient (Wildman–Crippen LogP) is 7.21. The Bertz CT molecular complexity index is 1670. The summed E-state index contributed by atoms with van der Waals surface area (Å²) < 4.78 is 50.7. The minimum atomic E-state index is -4.52. The number of benzene rings is 1. The number of Topliss-reactive ketones (excluding diaryl/α,β-unsaturated/α-hetero) is 1. The number of piperidine rings is 1. The van der Waals surface area contributed by atoms with Gasteiger partial charge in [0, 0.05) is 56.8 Å². The highest BCUT2D eigenvalue weighted by molar-refractivity contribution is 7.09. The van der Waals surface area contributed by atoms with E-state index >= 15 is 0 Å². The number of likely N-dealkylation sites (N-methyl/N-ethyl adjacent to an activating group) is 1. The number of carboxylic acid groups (broad SMARTS) is 1. The number of carbonyl (C=O) groups excluding carboxylic acids is 4. The quantitative estimate of drug-likeness (QED) is 0.116. The Kier molecular flexibility index (Phi) is 18.8. The van der Waals surface area contributed by atoms with Gasteiger partial charge in [-0.2, -0.15) is 13.2 Å². The number of likely N-dealkylation sites (tertiary alicyclic amines) is 1. The van der Waals surface area contributed by atoms with Crippen molar-refractivity contribution >= 4 is 40.9 Å². The number of alkyl halides is 3. The molecule has 12 nitrogen and oxygen atoms in total. The number of carbonyl (C=O) groups is 5. The van der Waals surface area contributed by atoms with Crippen molar-refractivity contribution < 1.29 is 51.7 Å². The Balaban J connectivity index is 1.90. The van der Waals surface area contributed by atoms with Crippen LogP contribution in [-0.4, -0.2) is 101 Å². The van der Waals surface area contributed by atoms with Crippen LogP contribution in [-0.2, 0) is 41.2 Å². The highest BCUT2D eigenvalue weighted by atomic mass is 32.1. The SMILES string of the molecule is CCC(C)C(CC(=O)C1CCCCN1C)C(=O)N(CCOC)C(CC(OC(C)=O)c1nc(C(=O)NC(Cc2ccc(C(F)(F)F)cc2)CC(C)C(=O)O)cs1)C(C)C. The average molecular weight is 839 g/mol. The molecule has 2 aromatic rings. The molecule has 1 saturated heterocycles. The Labute approximate surface area is 344 Å². The molecule has 1 aliphatic rings. The number of carboxylic acids is 1. The second-order valence-corrected chi connectivity index (χ2v) is 16.8. The molecule has 1 aromatic carbocycles. The fourth-order valence-corrected chi connectivity index (χ4v) is 8.35. The first-order valence-corrected chi connectivity index (χ1v) is 21.0. The lowest BCUT2D eigenvalue weighted by atomic mass is 9.82. The number of aliphatic carboxylic acids is 1. The van der Waals surface area contributed by atoms with Crippen LogP contribution in [0.15, 0.2) is 29.6 Å². The zero-order valence-corrected chi connectivity index (χ0v) is 35.8. The van der Waals surface area contributed by atoms with E-state index < -0.39 is 59.6 Å². The summed E-state index contributed by atoms with van der Waals surface area (Å²) in [5, 5.41) is 14.2. The number of hydrogen-bond acceptors (Lipinski definition) is 10. The number of methoxy groups -OCH3 is 1. The van der Waals surface area contributed by atoms with E-state index in [1.165, 1.54) is 31.4 Å². The third kappa shape index (κ3) is 14.1. The minimum absolute atomic E-state index is 0.00281. The maximum absolute atomic E-state index is 14.7. The van der Waals surface area contributed by atoms with Crippen molar-refractivity contribution in [3.05, 3.63) is 51.5 Å². The number of rotatable bonds is 22. The van der Waals surface area contributed by atoms with Crippen molar-refractivity contribution in [1.82, 2.24) is 20.1 Å². The highest BCUT2D eigenvalue weighted by Gasteiger charge is 2.39. The van der Waals surface area contributed by atoms with E-state index in [1.807, 2.05) is 34.7 Å². The standard InChI is InChI=1S/C42H61F3N4O8S/c1-9-26(4)32(22-36(51)34-12-10-11-17-48(34)7)40(53)49(18-19-56-8)35(25(2)3)23-37(57-28(6)50)39-47-33(24-58-39)38(52)46-31(20-27(5)41(54)55)21-29-13-15-30(16-14-29)42(43,44)45/h13-16,24-27,31-32,34-35,37H,9-12,17-23H2,1-8H3,(H,46,52)(H,54,55). The molecule has 2 amide bonds. The molecule has 1 fully saturated rings. The van der Waals surface area contributed by atoms with Crippen LogP contribution in [0, 0.1) is 23.7 Å². The first-order chi connectivity index (χ1) is 27.3. The summed E-state index contributed by atoms with van der Waals surface area (Å²) in [4.78, 5) is 74.6. The Morgan fingerprint density at radius 2 is 1.74 bits per heavy atom. The van der Waals surface area contributed by atoms with Crippen molar-refractivity contribution in [2.45, 2.75) is 123 Å². The molecule has 0 bridgehead atoms. The molecular weight excluding hydrogens is 778 g/mol. The van der Waals surface area contributed by atoms with Crippen molar-refractivity contribution in [2.75, 3.05) is 33.9 Å². The Morgan fingerprint density at radius 1 is 1.07 bits per heavy atom. The van der Waals surface area contributed by atoms with Crippen molar-refractivity contribution in [1.29, 1.82) is 0 Å². The van der Waals surface area contributed by atoms with Crippen LogP contribution in [0.25, 0.3) is 0 Å². The number of hydrogen-bond donors (Lipinski definition) is 2. The van der Waals surface area contributed by atoms with Crippen LogP contribution in [0.2, 0.25) is 0 Å². The number of ether oxygens (including phenoxy) is 2. The topological polar surface area (TPSA) is 155 Å². The summed E-state index contributed by atoms with van der Waals surface area (Å²) >= 11 is 1.09. The average Bonchev–Trinajstić information content (AvgIpc) is 3.66. The van der Waals surface area contributed by atoms with Gasteiger partial charge in [0.05, 0.1) is 24.1 Å². The third-order valence-electron chi connectivity index (χ3n) is 11.2. The van der Waals surface area contributed by atoms with Gasteiger partial charge in [-0.1, -0.05) is 59.6 Å². The molecule has 7 unspecified atom stereocenters. The van der Waals surface area contributed by atoms with Gasteiger partial charge in [-0.05, 0) is 68.8 Å². The lowest BCUT2D eigenvalue weighted by molar-refractivity contribution is -0.150. The second kappa shape index (κ2) is 22.5. The number of amides is 2. The van der Waals surface area contributed by atoms with Gasteiger partial charge in [0.2, 0.25) is 5.91 Å². The van der Waals surface area contributed by atoms with Gasteiger partial charge < -0.3 is 24.8 Å². The summed E-state index contributed by atoms with van der Waals surface area (Å²) in [6.45, 7) is 11.9. The van der Waals surface area contributed by atoms with Gasteiger partial charge in [0.25, 0.3) is 5.91 Å². The van der Waals surface area contributed by atoms with Crippen LogP contribution in [0.3, 0.4) is 0 Å². The normalized spacial score (nSPS) is 18.1. The lowest BCUT2D eigenvalue weighted by Gasteiger charge is -2.39. The van der Waals surface area contributed by atoms with E-state index in [2.05, 4.69) is 15.2 Å². The monoisotopic (exact) mass is 838 g/mol. The van der Waals surface area contributed by atoms with Crippen LogP contribution < -0.4 is 5.32 Å². The molecular formula is C42H61F3N4O8S. The summed E-state index contributed by atoms with van der Waals surface area (Å²) in [6.07, 6.45) is -1.72. The third-order valence-corrected chi connectivity index (χ3v) is 12.1. The molecule has 2 heterocycles. The number of thiazole rings is 1. The number of nitrogens with one attached hydrogen (secondary N) is 1. The first kappa shape index (κ1) is 48.5. The summed E-state index contributed by atoms with van der Waals surface area (Å²) in [6, 6.07) is 2.98. The second-order valence-electron chi connectivity index (χ2n) is 15.9. The highest BCUT2D eigenvalue weighted by Crippen LogP contribution is 2.34. The Hall–Kier alpha value is -3.89. The molecule has 7 atom stereocenters. The fraction of sp³-hybridized carbons (Fsp3) is 0.667. The maximum atomic E-state index is 14.7. The number of esters is 1. The molecule has 16 heteroatoms. The van der Waals surface area contributed by atoms with Crippen LogP contribution in [0.1, 0.15) is 119 Å². The molecule has 1 aromatic heterocycles. The van der Waals surface area contributed by atoms with Crippen molar-refractivity contribution in [2.24, 2.45) is 23.7 Å². The minimum Gasteiger partial charge on any atom is -0.481 e. The lowest BCUT2D eigenvalue weighted by Crippen LogP contribution is -2.50. The summed E-state index contributed by atoms with van der Waals surface area (Å²) in [7, 11) is 3.49. The van der Waals surface area contributed by atoms with Gasteiger partial charge in [0.15, 0.2) is 11.9 Å². The predicted molar refractivity (Wildman–Crippen MR) is 214 cm³/mol. The zero-order chi connectivity index (χ0) is 43.3. The molecule has 0 radical (unpaired) electrons. The fourth-order valence-electron chi connectivity index (χ4n) is 7.51. The molecule has 1 aliphatic heterocycles. The van der Waals surface area contributed by atoms with Gasteiger partial charge in [0.1, 0.15) is 10.7 Å². The van der Waals surface area contributed by atoms with Crippen LogP contribution in [0.5, 0.6) is 0 Å². The van der Waals surface area contributed by atoms with E-state index in [0.29, 0.717) is 17.0 Å². The van der Waals surface area contributed by atoms with Crippen molar-refractivity contribution in [3.8, 4) is 0 Å². The first-order valence-electron chi connectivity index (χ1n) is 20.1. The molecule has 0 aliphatic carbocycles. The zero-order valence-electron chi connectivity index (χ0n) is 35.0. The maximum Gasteiger partial charge on any atom is 0.416 e. The van der Waals surface area contributed by atoms with E-state index in [4.69, 9.17) is 9.47 Å². The molecule has 58 heavy (non-hydrogen) atoms. The van der Waals surface area contributed by atoms with E-state index in [0.717, 1.165) is 49.3 Å². The summed E-state index contributed by atoms with van der Waals surface area (Å²) in [5.74, 6) is -4.12. The summed E-state index contributed by atoms with van der Waals surface area (Å²) in [5.41, 5.74) is -0.376. The number of ketones is 1. The molecule has 2 N–H and O–H groups in total. The van der Waals surface area contributed by atoms with E-state index in [9.17, 15) is 42.3 Å². The van der Waals surface area contributed by atoms with Gasteiger partial charge in [-0.25, -0.2) is 4.98 Å². The molecule has 324 valence electrons. The van der Waals surface area contributed by atoms with Crippen molar-refractivity contribution in [3.63, 3.8) is 0 Å². The smallest absolute Gasteiger partial charge is 0.416 e. The molecule has 0 spiro atoms.